The fraction of sp³-hybridized carbons (Fsp3) is 0.571. The fourth-order valence-electron chi connectivity index (χ4n) is 0.773. The van der Waals surface area contributed by atoms with Crippen LogP contribution in [0.3, 0.4) is 0 Å². The molecule has 0 aromatic heterocycles. The monoisotopic (exact) mass is 142 g/mol. The first-order valence-corrected chi connectivity index (χ1v) is 3.21. The van der Waals surface area contributed by atoms with Crippen LogP contribution in [-0.2, 0) is 14.3 Å². The Morgan fingerprint density at radius 2 is 2.50 bits per heavy atom. The number of ether oxygens (including phenoxy) is 2. The van der Waals surface area contributed by atoms with Crippen LogP contribution >= 0.6 is 0 Å². The van der Waals surface area contributed by atoms with Gasteiger partial charge in [0.2, 0.25) is 6.29 Å². The van der Waals surface area contributed by atoms with Gasteiger partial charge >= 0.3 is 5.97 Å². The average molecular weight is 142 g/mol. The van der Waals surface area contributed by atoms with Gasteiger partial charge in [0.05, 0.1) is 6.10 Å². The van der Waals surface area contributed by atoms with Crippen molar-refractivity contribution in [3.63, 3.8) is 0 Å². The van der Waals surface area contributed by atoms with Gasteiger partial charge in [0.15, 0.2) is 0 Å². The molecule has 0 bridgehead atoms. The lowest BCUT2D eigenvalue weighted by Crippen LogP contribution is -2.38. The molecule has 3 nitrogen and oxygen atoms in total. The van der Waals surface area contributed by atoms with Crippen molar-refractivity contribution in [1.82, 2.24) is 0 Å². The lowest BCUT2D eigenvalue weighted by atomic mass is 10.2. The first kappa shape index (κ1) is 7.28. The van der Waals surface area contributed by atoms with Gasteiger partial charge in [-0.05, 0) is 6.92 Å². The van der Waals surface area contributed by atoms with Crippen molar-refractivity contribution in [3.8, 4) is 0 Å². The van der Waals surface area contributed by atoms with Crippen molar-refractivity contribution in [3.05, 3.63) is 12.7 Å². The molecular weight excluding hydrogens is 132 g/mol. The topological polar surface area (TPSA) is 35.5 Å². The molecule has 0 radical (unpaired) electrons. The van der Waals surface area contributed by atoms with Crippen molar-refractivity contribution >= 4 is 5.97 Å². The number of carbonyl (C=O) groups excluding carboxylic acids is 1. The molecule has 1 saturated heterocycles. The molecule has 0 aromatic carbocycles. The van der Waals surface area contributed by atoms with Crippen LogP contribution in [0.5, 0.6) is 0 Å². The summed E-state index contributed by atoms with van der Waals surface area (Å²) >= 11 is 0. The van der Waals surface area contributed by atoms with E-state index in [4.69, 9.17) is 9.47 Å². The van der Waals surface area contributed by atoms with E-state index in [1.165, 1.54) is 0 Å². The summed E-state index contributed by atoms with van der Waals surface area (Å²) in [5.41, 5.74) is 0. The maximum absolute atomic E-state index is 10.5. The highest BCUT2D eigenvalue weighted by Crippen LogP contribution is 2.20. The van der Waals surface area contributed by atoms with Crippen LogP contribution in [-0.4, -0.2) is 18.4 Å². The molecule has 1 rings (SSSR count). The predicted molar refractivity (Wildman–Crippen MR) is 35.2 cm³/mol. The van der Waals surface area contributed by atoms with E-state index < -0.39 is 5.97 Å². The third-order valence-electron chi connectivity index (χ3n) is 1.32. The largest absolute Gasteiger partial charge is 0.432 e. The standard InChI is InChI=1S/C7H10O3/c1-3-6(8)10-7-4-5(2)9-7/h3,5,7H,1,4H2,2H3. The molecule has 1 aliphatic rings. The van der Waals surface area contributed by atoms with E-state index in [1.54, 1.807) is 0 Å². The molecule has 0 N–H and O–H groups in total. The first-order chi connectivity index (χ1) is 4.72. The highest BCUT2D eigenvalue weighted by atomic mass is 16.7. The summed E-state index contributed by atoms with van der Waals surface area (Å²) in [5, 5.41) is 0. The van der Waals surface area contributed by atoms with Gasteiger partial charge in [-0.1, -0.05) is 6.58 Å². The summed E-state index contributed by atoms with van der Waals surface area (Å²) in [5.74, 6) is -0.420. The summed E-state index contributed by atoms with van der Waals surface area (Å²) in [6.07, 6.45) is 1.81. The minimum atomic E-state index is -0.420. The smallest absolute Gasteiger partial charge is 0.332 e. The van der Waals surface area contributed by atoms with Crippen molar-refractivity contribution in [2.75, 3.05) is 0 Å². The van der Waals surface area contributed by atoms with Gasteiger partial charge in [-0.25, -0.2) is 4.79 Å². The Bertz CT molecular complexity index is 147. The highest BCUT2D eigenvalue weighted by molar-refractivity contribution is 5.81. The third-order valence-corrected chi connectivity index (χ3v) is 1.32. The Balaban J connectivity index is 2.16. The predicted octanol–water partition coefficient (Wildman–Crippen LogP) is 0.850. The normalized spacial score (nSPS) is 30.5. The van der Waals surface area contributed by atoms with Crippen molar-refractivity contribution in [2.24, 2.45) is 0 Å². The van der Waals surface area contributed by atoms with Crippen molar-refractivity contribution in [2.45, 2.75) is 25.7 Å². The van der Waals surface area contributed by atoms with E-state index in [1.807, 2.05) is 6.92 Å². The maximum Gasteiger partial charge on any atom is 0.332 e. The second-order valence-electron chi connectivity index (χ2n) is 2.25. The molecule has 1 fully saturated rings. The molecule has 0 aliphatic carbocycles. The van der Waals surface area contributed by atoms with E-state index in [0.717, 1.165) is 12.5 Å². The number of carbonyl (C=O) groups is 1. The molecule has 0 spiro atoms. The van der Waals surface area contributed by atoms with Crippen LogP contribution in [0.1, 0.15) is 13.3 Å². The molecule has 0 saturated carbocycles. The van der Waals surface area contributed by atoms with E-state index >= 15 is 0 Å². The molecule has 1 heterocycles. The van der Waals surface area contributed by atoms with Crippen LogP contribution < -0.4 is 0 Å². The van der Waals surface area contributed by atoms with Crippen LogP contribution in [0.15, 0.2) is 12.7 Å². The number of rotatable bonds is 2. The molecular formula is C7H10O3. The minimum Gasteiger partial charge on any atom is -0.432 e. The maximum atomic E-state index is 10.5. The highest BCUT2D eigenvalue weighted by Gasteiger charge is 2.28. The van der Waals surface area contributed by atoms with E-state index in [9.17, 15) is 4.79 Å². The summed E-state index contributed by atoms with van der Waals surface area (Å²) < 4.78 is 9.75. The molecule has 10 heavy (non-hydrogen) atoms. The summed E-state index contributed by atoms with van der Waals surface area (Å²) in [6.45, 7) is 5.19. The molecule has 0 aromatic rings. The SMILES string of the molecule is C=CC(=O)OC1CC(C)O1. The molecule has 0 amide bonds. The van der Waals surface area contributed by atoms with E-state index in [-0.39, 0.29) is 12.4 Å². The van der Waals surface area contributed by atoms with Crippen molar-refractivity contribution in [1.29, 1.82) is 0 Å². The Morgan fingerprint density at radius 1 is 1.90 bits per heavy atom. The molecule has 2 atom stereocenters. The first-order valence-electron chi connectivity index (χ1n) is 3.21. The second kappa shape index (κ2) is 2.84. The van der Waals surface area contributed by atoms with Gasteiger partial charge in [-0.3, -0.25) is 0 Å². The van der Waals surface area contributed by atoms with Gasteiger partial charge in [0.1, 0.15) is 0 Å². The quantitative estimate of drug-likeness (QED) is 0.423. The number of esters is 1. The van der Waals surface area contributed by atoms with Gasteiger partial charge in [-0.15, -0.1) is 0 Å². The zero-order valence-electron chi connectivity index (χ0n) is 5.87. The Hall–Kier alpha value is -0.830. The Kier molecular flexibility index (Phi) is 2.06. The van der Waals surface area contributed by atoms with Crippen LogP contribution in [0, 0.1) is 0 Å². The van der Waals surface area contributed by atoms with Crippen LogP contribution in [0.2, 0.25) is 0 Å². The Morgan fingerprint density at radius 3 is 2.90 bits per heavy atom. The van der Waals surface area contributed by atoms with E-state index in [2.05, 4.69) is 6.58 Å². The summed E-state index contributed by atoms with van der Waals surface area (Å²) in [7, 11) is 0. The lowest BCUT2D eigenvalue weighted by molar-refractivity contribution is -0.240. The average Bonchev–Trinajstić information content (AvgIpc) is 1.84. The van der Waals surface area contributed by atoms with Gasteiger partial charge in [0, 0.05) is 12.5 Å². The van der Waals surface area contributed by atoms with Crippen LogP contribution in [0.25, 0.3) is 0 Å². The van der Waals surface area contributed by atoms with Gasteiger partial charge in [0.25, 0.3) is 0 Å². The summed E-state index contributed by atoms with van der Waals surface area (Å²) in [6, 6.07) is 0. The van der Waals surface area contributed by atoms with Gasteiger partial charge in [-0.2, -0.15) is 0 Å². The molecule has 3 heteroatoms. The van der Waals surface area contributed by atoms with Crippen LogP contribution in [0.4, 0.5) is 0 Å². The zero-order valence-corrected chi connectivity index (χ0v) is 5.87. The Labute approximate surface area is 59.6 Å². The van der Waals surface area contributed by atoms with Gasteiger partial charge < -0.3 is 9.47 Å². The fourth-order valence-corrected chi connectivity index (χ4v) is 0.773. The summed E-state index contributed by atoms with van der Waals surface area (Å²) in [4.78, 5) is 10.5. The molecule has 56 valence electrons. The third kappa shape index (κ3) is 1.57. The minimum absolute atomic E-state index is 0.225. The number of hydrogen-bond acceptors (Lipinski definition) is 3. The molecule has 2 unspecified atom stereocenters. The number of hydrogen-bond donors (Lipinski definition) is 0. The lowest BCUT2D eigenvalue weighted by Gasteiger charge is -2.31. The van der Waals surface area contributed by atoms with Crippen molar-refractivity contribution < 1.29 is 14.3 Å². The zero-order chi connectivity index (χ0) is 7.56. The molecule has 1 aliphatic heterocycles. The van der Waals surface area contributed by atoms with E-state index in [0.29, 0.717) is 0 Å². The second-order valence-corrected chi connectivity index (χ2v) is 2.25.